The van der Waals surface area contributed by atoms with Gasteiger partial charge in [-0.1, -0.05) is 19.4 Å². The molecule has 0 radical (unpaired) electrons. The van der Waals surface area contributed by atoms with Crippen LogP contribution in [0, 0.1) is 0 Å². The molecule has 33 heavy (non-hydrogen) atoms. The average molecular weight is 488 g/mol. The van der Waals surface area contributed by atoms with Crippen LogP contribution in [0.1, 0.15) is 33.8 Å². The number of aromatic nitrogens is 3. The van der Waals surface area contributed by atoms with Gasteiger partial charge in [-0.05, 0) is 43.3 Å². The second-order valence-corrected chi connectivity index (χ2v) is 9.88. The first-order chi connectivity index (χ1) is 15.2. The number of amides is 2. The lowest BCUT2D eigenvalue weighted by Gasteiger charge is -2.40. The van der Waals surface area contributed by atoms with Crippen LogP contribution in [0.4, 0.5) is 36.6 Å². The lowest BCUT2D eigenvalue weighted by molar-refractivity contribution is 0.0954. The third-order valence-electron chi connectivity index (χ3n) is 5.03. The van der Waals surface area contributed by atoms with E-state index >= 15 is 0 Å². The fourth-order valence-electron chi connectivity index (χ4n) is 3.46. The van der Waals surface area contributed by atoms with E-state index in [-0.39, 0.29) is 47.1 Å². The molecular formula is C19H17F5N6O2S. The molecule has 0 spiro atoms. The minimum absolute atomic E-state index is 0.0151. The number of halogens is 5. The molecule has 0 aliphatic carbocycles. The number of rotatable bonds is 4. The van der Waals surface area contributed by atoms with Crippen LogP contribution in [0.3, 0.4) is 0 Å². The van der Waals surface area contributed by atoms with Gasteiger partial charge in [0.05, 0.1) is 23.5 Å². The summed E-state index contributed by atoms with van der Waals surface area (Å²) < 4.78 is 66.4. The van der Waals surface area contributed by atoms with E-state index in [0.29, 0.717) is 0 Å². The highest BCUT2D eigenvalue weighted by atomic mass is 32.5. The predicted octanol–water partition coefficient (Wildman–Crippen LogP) is 4.99. The maximum absolute atomic E-state index is 13.2. The molecule has 8 nitrogen and oxygen atoms in total. The fraction of sp³-hybridized carbons (Fsp3) is 0.158. The summed E-state index contributed by atoms with van der Waals surface area (Å²) in [5.74, 6) is -1.35. The van der Waals surface area contributed by atoms with Gasteiger partial charge < -0.3 is 16.0 Å². The molecule has 3 aromatic rings. The van der Waals surface area contributed by atoms with E-state index in [2.05, 4.69) is 15.4 Å². The zero-order chi connectivity index (χ0) is 24.2. The first kappa shape index (κ1) is 22.5. The van der Waals surface area contributed by atoms with Crippen LogP contribution in [-0.4, -0.2) is 33.1 Å². The number of nitrogens with zero attached hydrogens (tertiary/aromatic N) is 4. The number of carbonyl (C=O) groups excluding carboxylic acids is 2. The Hall–Kier alpha value is -3.68. The lowest BCUT2D eigenvalue weighted by atomic mass is 10.1. The van der Waals surface area contributed by atoms with Crippen molar-refractivity contribution in [2.24, 2.45) is 0 Å². The zero-order valence-electron chi connectivity index (χ0n) is 16.9. The summed E-state index contributed by atoms with van der Waals surface area (Å²) in [6.45, 7) is 1.72. The molecule has 2 aromatic heterocycles. The van der Waals surface area contributed by atoms with E-state index in [1.807, 2.05) is 0 Å². The minimum atomic E-state index is -9.84. The smallest absolute Gasteiger partial charge is 0.310 e. The van der Waals surface area contributed by atoms with Crippen molar-refractivity contribution in [3.63, 3.8) is 0 Å². The second-order valence-electron chi connectivity index (χ2n) is 7.47. The highest BCUT2D eigenvalue weighted by Crippen LogP contribution is 3.02. The lowest BCUT2D eigenvalue weighted by Crippen LogP contribution is -2.43. The number of pyridine rings is 1. The summed E-state index contributed by atoms with van der Waals surface area (Å²) in [4.78, 5) is 28.6. The fourth-order valence-corrected chi connectivity index (χ4v) is 4.11. The van der Waals surface area contributed by atoms with E-state index in [0.717, 1.165) is 17.0 Å². The molecule has 176 valence electrons. The maximum Gasteiger partial charge on any atom is 0.310 e. The number of benzene rings is 1. The highest BCUT2D eigenvalue weighted by molar-refractivity contribution is 8.45. The largest absolute Gasteiger partial charge is 0.383 e. The number of hydrogen-bond donors (Lipinski definition) is 2. The summed E-state index contributed by atoms with van der Waals surface area (Å²) in [6, 6.07) is 4.61. The number of nitrogens with one attached hydrogen (secondary N) is 1. The van der Waals surface area contributed by atoms with Crippen LogP contribution in [0.25, 0.3) is 0 Å². The molecule has 3 N–H and O–H groups in total. The molecule has 2 amide bonds. The molecule has 3 heterocycles. The molecule has 0 saturated heterocycles. The summed E-state index contributed by atoms with van der Waals surface area (Å²) in [5.41, 5.74) is 5.77. The number of anilines is 3. The second kappa shape index (κ2) is 6.66. The normalized spacial score (nSPS) is 18.3. The van der Waals surface area contributed by atoms with Crippen molar-refractivity contribution in [2.75, 3.05) is 22.5 Å². The van der Waals surface area contributed by atoms with Crippen LogP contribution in [0.15, 0.2) is 53.7 Å². The van der Waals surface area contributed by atoms with Crippen LogP contribution >= 0.6 is 10.2 Å². The predicted molar refractivity (Wildman–Crippen MR) is 113 cm³/mol. The number of carbonyl (C=O) groups is 2. The standard InChI is InChI=1S/C19H17F5N6O2S/c1-11-10-29(12-4-6-13(7-5-12)33(20,21,22,23)24)19(32)16-15(9-27-30(11)16)28-18(31)14-3-2-8-26-17(14)25/h2-9,11H,10H2,1H3,(H2,25,26)(H,28,31)/t11-/m0/s1. The van der Waals surface area contributed by atoms with E-state index in [4.69, 9.17) is 5.73 Å². The quantitative estimate of drug-likeness (QED) is 0.504. The SMILES string of the molecule is C[C@H]1CN(c2ccc(S(F)(F)(F)(F)F)cc2)C(=O)c2c(NC(=O)c3cccnc3N)cnn21. The third kappa shape index (κ3) is 4.20. The molecule has 1 aliphatic rings. The highest BCUT2D eigenvalue weighted by Gasteiger charge is 2.65. The third-order valence-corrected chi connectivity index (χ3v) is 6.20. The van der Waals surface area contributed by atoms with Crippen LogP contribution in [-0.2, 0) is 0 Å². The number of hydrogen-bond acceptors (Lipinski definition) is 5. The van der Waals surface area contributed by atoms with Gasteiger partial charge in [0.1, 0.15) is 10.7 Å². The Morgan fingerprint density at radius 1 is 1.15 bits per heavy atom. The molecule has 1 atom stereocenters. The van der Waals surface area contributed by atoms with Gasteiger partial charge in [-0.3, -0.25) is 14.3 Å². The van der Waals surface area contributed by atoms with Crippen molar-refractivity contribution < 1.29 is 29.0 Å². The Morgan fingerprint density at radius 2 is 1.82 bits per heavy atom. The van der Waals surface area contributed by atoms with Crippen molar-refractivity contribution >= 4 is 39.2 Å². The molecule has 0 bridgehead atoms. The van der Waals surface area contributed by atoms with Crippen molar-refractivity contribution in [2.45, 2.75) is 17.9 Å². The van der Waals surface area contributed by atoms with Gasteiger partial charge in [0.15, 0.2) is 5.69 Å². The molecule has 0 saturated carbocycles. The van der Waals surface area contributed by atoms with Crippen molar-refractivity contribution in [1.82, 2.24) is 14.8 Å². The molecule has 4 rings (SSSR count). The molecule has 1 aromatic carbocycles. The first-order valence-corrected chi connectivity index (χ1v) is 11.4. The topological polar surface area (TPSA) is 106 Å². The maximum atomic E-state index is 13.2. The monoisotopic (exact) mass is 488 g/mol. The van der Waals surface area contributed by atoms with Crippen molar-refractivity contribution in [3.8, 4) is 0 Å². The van der Waals surface area contributed by atoms with Crippen molar-refractivity contribution in [1.29, 1.82) is 0 Å². The van der Waals surface area contributed by atoms with Crippen LogP contribution in [0.2, 0.25) is 0 Å². The molecular weight excluding hydrogens is 471 g/mol. The van der Waals surface area contributed by atoms with Gasteiger partial charge in [0, 0.05) is 18.4 Å². The van der Waals surface area contributed by atoms with E-state index in [9.17, 15) is 29.0 Å². The van der Waals surface area contributed by atoms with Crippen LogP contribution < -0.4 is 16.0 Å². The summed E-state index contributed by atoms with van der Waals surface area (Å²) in [5, 5.41) is 6.65. The number of nitrogen functional groups attached to an aromatic ring is 1. The molecule has 14 heteroatoms. The Bertz CT molecular complexity index is 1280. The van der Waals surface area contributed by atoms with E-state index < -0.39 is 33.0 Å². The van der Waals surface area contributed by atoms with Crippen LogP contribution in [0.5, 0.6) is 0 Å². The van der Waals surface area contributed by atoms with Gasteiger partial charge in [-0.25, -0.2) is 4.98 Å². The summed E-state index contributed by atoms with van der Waals surface area (Å²) >= 11 is 0. The Balaban J connectivity index is 1.66. The summed E-state index contributed by atoms with van der Waals surface area (Å²) in [7, 11) is -9.84. The zero-order valence-corrected chi connectivity index (χ0v) is 17.7. The first-order valence-electron chi connectivity index (χ1n) is 9.41. The van der Waals surface area contributed by atoms with Gasteiger partial charge >= 0.3 is 10.2 Å². The average Bonchev–Trinajstić information content (AvgIpc) is 3.14. The molecule has 0 unspecified atom stereocenters. The molecule has 0 fully saturated rings. The Kier molecular flexibility index (Phi) is 4.55. The number of nitrogens with two attached hydrogens (primary N) is 1. The Morgan fingerprint density at radius 3 is 2.42 bits per heavy atom. The summed E-state index contributed by atoms with van der Waals surface area (Å²) in [6.07, 6.45) is 2.66. The minimum Gasteiger partial charge on any atom is -0.383 e. The van der Waals surface area contributed by atoms with E-state index in [1.165, 1.54) is 29.2 Å². The van der Waals surface area contributed by atoms with Gasteiger partial charge in [0.2, 0.25) is 0 Å². The molecule has 1 aliphatic heterocycles. The van der Waals surface area contributed by atoms with E-state index in [1.54, 1.807) is 6.92 Å². The van der Waals surface area contributed by atoms with Gasteiger partial charge in [0.25, 0.3) is 11.8 Å². The Labute approximate surface area is 183 Å². The van der Waals surface area contributed by atoms with Gasteiger partial charge in [-0.15, -0.1) is 0 Å². The van der Waals surface area contributed by atoms with Crippen molar-refractivity contribution in [3.05, 3.63) is 60.0 Å². The number of fused-ring (bicyclic) bond motifs is 1. The van der Waals surface area contributed by atoms with Gasteiger partial charge in [-0.2, -0.15) is 5.10 Å².